The summed E-state index contributed by atoms with van der Waals surface area (Å²) in [5.74, 6) is 0.898. The maximum atomic E-state index is 12.1. The lowest BCUT2D eigenvalue weighted by atomic mass is 10.1. The Balaban J connectivity index is 0.00000450. The fourth-order valence-corrected chi connectivity index (χ4v) is 3.42. The summed E-state index contributed by atoms with van der Waals surface area (Å²) in [5, 5.41) is 6.73. The molecule has 30 heavy (non-hydrogen) atoms. The zero-order chi connectivity index (χ0) is 21.1. The Hall–Kier alpha value is -1.39. The van der Waals surface area contributed by atoms with Crippen molar-refractivity contribution in [1.29, 1.82) is 0 Å². The Morgan fingerprint density at radius 2 is 1.80 bits per heavy atom. The molecule has 0 atom stereocenters. The number of nitrogens with zero attached hydrogens (tertiary/aromatic N) is 4. The van der Waals surface area contributed by atoms with Crippen LogP contribution in [0.4, 0.5) is 0 Å². The average molecular weight is 530 g/mol. The summed E-state index contributed by atoms with van der Waals surface area (Å²) in [6.07, 6.45) is 0.845. The van der Waals surface area contributed by atoms with Crippen molar-refractivity contribution in [3.05, 3.63) is 35.4 Å². The van der Waals surface area contributed by atoms with Gasteiger partial charge in [0.15, 0.2) is 5.96 Å². The maximum Gasteiger partial charge on any atom is 0.253 e. The van der Waals surface area contributed by atoms with E-state index in [1.165, 1.54) is 0 Å². The van der Waals surface area contributed by atoms with Gasteiger partial charge in [-0.15, -0.1) is 24.0 Å². The van der Waals surface area contributed by atoms with Crippen LogP contribution in [0.25, 0.3) is 0 Å². The quantitative estimate of drug-likeness (QED) is 0.290. The van der Waals surface area contributed by atoms with E-state index in [9.17, 15) is 4.79 Å². The number of carbonyl (C=O) groups is 1. The molecule has 8 heteroatoms. The first kappa shape index (κ1) is 26.6. The summed E-state index contributed by atoms with van der Waals surface area (Å²) in [7, 11) is 3.55. The third-order valence-electron chi connectivity index (χ3n) is 5.23. The van der Waals surface area contributed by atoms with Crippen LogP contribution in [0.3, 0.4) is 0 Å². The minimum Gasteiger partial charge on any atom is -0.357 e. The largest absolute Gasteiger partial charge is 0.357 e. The van der Waals surface area contributed by atoms with Gasteiger partial charge in [0.05, 0.1) is 6.54 Å². The number of piperazine rings is 1. The molecule has 0 saturated carbocycles. The van der Waals surface area contributed by atoms with Crippen LogP contribution in [0.5, 0.6) is 0 Å². The van der Waals surface area contributed by atoms with E-state index in [2.05, 4.69) is 40.3 Å². The van der Waals surface area contributed by atoms with Gasteiger partial charge in [0.1, 0.15) is 0 Å². The summed E-state index contributed by atoms with van der Waals surface area (Å²) >= 11 is 0. The molecule has 0 aromatic heterocycles. The van der Waals surface area contributed by atoms with Crippen molar-refractivity contribution in [3.8, 4) is 0 Å². The summed E-state index contributed by atoms with van der Waals surface area (Å²) < 4.78 is 0. The van der Waals surface area contributed by atoms with Gasteiger partial charge in [-0.1, -0.05) is 19.1 Å². The minimum absolute atomic E-state index is 0. The molecule has 1 heterocycles. The SMILES string of the molecule is CCNC(=NCCN1CCN(CC)CC1)NCCc1cccc(C(=O)N(C)C)c1.I. The van der Waals surface area contributed by atoms with Crippen molar-refractivity contribution in [1.82, 2.24) is 25.3 Å². The Morgan fingerprint density at radius 1 is 1.10 bits per heavy atom. The second-order valence-corrected chi connectivity index (χ2v) is 7.61. The number of rotatable bonds is 9. The van der Waals surface area contributed by atoms with Crippen LogP contribution < -0.4 is 10.6 Å². The Bertz CT molecular complexity index is 659. The van der Waals surface area contributed by atoms with Crippen molar-refractivity contribution in [2.75, 3.05) is 73.0 Å². The molecule has 0 radical (unpaired) electrons. The molecule has 170 valence electrons. The molecular weight excluding hydrogens is 491 g/mol. The Kier molecular flexibility index (Phi) is 13.0. The highest BCUT2D eigenvalue weighted by Gasteiger charge is 2.14. The van der Waals surface area contributed by atoms with Crippen LogP contribution in [0.1, 0.15) is 29.8 Å². The molecule has 0 unspecified atom stereocenters. The van der Waals surface area contributed by atoms with Gasteiger partial charge in [0.25, 0.3) is 5.91 Å². The van der Waals surface area contributed by atoms with Crippen LogP contribution in [-0.2, 0) is 6.42 Å². The minimum atomic E-state index is 0. The van der Waals surface area contributed by atoms with E-state index in [0.717, 1.165) is 82.4 Å². The van der Waals surface area contributed by atoms with Crippen molar-refractivity contribution in [2.24, 2.45) is 4.99 Å². The molecule has 0 spiro atoms. The maximum absolute atomic E-state index is 12.1. The third-order valence-corrected chi connectivity index (χ3v) is 5.23. The zero-order valence-corrected chi connectivity index (χ0v) is 21.3. The summed E-state index contributed by atoms with van der Waals surface area (Å²) in [4.78, 5) is 23.4. The van der Waals surface area contributed by atoms with Gasteiger partial charge in [-0.25, -0.2) is 0 Å². The predicted octanol–water partition coefficient (Wildman–Crippen LogP) is 1.74. The summed E-state index contributed by atoms with van der Waals surface area (Å²) in [6.45, 7) is 13.5. The Labute approximate surface area is 199 Å². The number of halogens is 1. The van der Waals surface area contributed by atoms with E-state index in [0.29, 0.717) is 0 Å². The highest BCUT2D eigenvalue weighted by molar-refractivity contribution is 14.0. The number of guanidine groups is 1. The molecule has 7 nitrogen and oxygen atoms in total. The van der Waals surface area contributed by atoms with Gasteiger partial charge in [0, 0.05) is 65.5 Å². The molecule has 2 rings (SSSR count). The number of nitrogens with one attached hydrogen (secondary N) is 2. The van der Waals surface area contributed by atoms with Gasteiger partial charge < -0.3 is 20.4 Å². The number of amides is 1. The number of benzene rings is 1. The smallest absolute Gasteiger partial charge is 0.253 e. The summed E-state index contributed by atoms with van der Waals surface area (Å²) in [5.41, 5.74) is 1.88. The first-order chi connectivity index (χ1) is 14.0. The van der Waals surface area contributed by atoms with E-state index < -0.39 is 0 Å². The van der Waals surface area contributed by atoms with Crippen molar-refractivity contribution < 1.29 is 4.79 Å². The zero-order valence-electron chi connectivity index (χ0n) is 19.0. The normalized spacial score (nSPS) is 15.4. The molecule has 0 bridgehead atoms. The van der Waals surface area contributed by atoms with E-state index in [1.807, 2.05) is 18.2 Å². The number of aliphatic imine (C=N–C) groups is 1. The van der Waals surface area contributed by atoms with Gasteiger partial charge in [-0.3, -0.25) is 14.7 Å². The van der Waals surface area contributed by atoms with Gasteiger partial charge in [-0.05, 0) is 37.6 Å². The molecule has 1 fully saturated rings. The fraction of sp³-hybridized carbons (Fsp3) is 0.636. The van der Waals surface area contributed by atoms with E-state index in [-0.39, 0.29) is 29.9 Å². The van der Waals surface area contributed by atoms with Crippen LogP contribution in [0, 0.1) is 0 Å². The van der Waals surface area contributed by atoms with Crippen LogP contribution in [0.2, 0.25) is 0 Å². The topological polar surface area (TPSA) is 63.2 Å². The van der Waals surface area contributed by atoms with Crippen molar-refractivity contribution in [3.63, 3.8) is 0 Å². The molecule has 1 aromatic carbocycles. The molecule has 1 amide bonds. The summed E-state index contributed by atoms with van der Waals surface area (Å²) in [6, 6.07) is 7.85. The molecule has 1 aliphatic rings. The lowest BCUT2D eigenvalue weighted by molar-refractivity contribution is 0.0827. The van der Waals surface area contributed by atoms with Crippen LogP contribution in [-0.4, -0.2) is 99.6 Å². The van der Waals surface area contributed by atoms with Crippen LogP contribution >= 0.6 is 24.0 Å². The first-order valence-electron chi connectivity index (χ1n) is 10.8. The molecule has 0 aliphatic carbocycles. The lowest BCUT2D eigenvalue weighted by Gasteiger charge is -2.33. The van der Waals surface area contributed by atoms with E-state index in [4.69, 9.17) is 4.99 Å². The Morgan fingerprint density at radius 3 is 2.43 bits per heavy atom. The third kappa shape index (κ3) is 9.18. The number of carbonyl (C=O) groups excluding carboxylic acids is 1. The molecule has 1 aliphatic heterocycles. The van der Waals surface area contributed by atoms with Crippen LogP contribution in [0.15, 0.2) is 29.3 Å². The average Bonchev–Trinajstić information content (AvgIpc) is 2.74. The monoisotopic (exact) mass is 530 g/mol. The van der Waals surface area contributed by atoms with Crippen molar-refractivity contribution >= 4 is 35.8 Å². The predicted molar refractivity (Wildman–Crippen MR) is 136 cm³/mol. The van der Waals surface area contributed by atoms with Crippen molar-refractivity contribution in [2.45, 2.75) is 20.3 Å². The van der Waals surface area contributed by atoms with E-state index >= 15 is 0 Å². The van der Waals surface area contributed by atoms with Gasteiger partial charge in [-0.2, -0.15) is 0 Å². The molecule has 1 aromatic rings. The molecule has 2 N–H and O–H groups in total. The number of hydrogen-bond donors (Lipinski definition) is 2. The standard InChI is InChI=1S/C22H38N6O.HI/c1-5-23-22(25-12-13-28-16-14-27(6-2)15-17-28)24-11-10-19-8-7-9-20(18-19)21(29)26(3)4;/h7-9,18H,5-6,10-17H2,1-4H3,(H2,23,24,25);1H. The second-order valence-electron chi connectivity index (χ2n) is 7.61. The van der Waals surface area contributed by atoms with Gasteiger partial charge in [0.2, 0.25) is 0 Å². The second kappa shape index (κ2) is 14.6. The number of hydrogen-bond acceptors (Lipinski definition) is 4. The molecule has 1 saturated heterocycles. The number of likely N-dealkylation sites (N-methyl/N-ethyl adjacent to an activating group) is 1. The van der Waals surface area contributed by atoms with E-state index in [1.54, 1.807) is 19.0 Å². The fourth-order valence-electron chi connectivity index (χ4n) is 3.42. The highest BCUT2D eigenvalue weighted by Crippen LogP contribution is 2.07. The first-order valence-corrected chi connectivity index (χ1v) is 10.8. The lowest BCUT2D eigenvalue weighted by Crippen LogP contribution is -2.47. The highest BCUT2D eigenvalue weighted by atomic mass is 127. The molecular formula is C22H39IN6O. The van der Waals surface area contributed by atoms with Gasteiger partial charge >= 0.3 is 0 Å².